The van der Waals surface area contributed by atoms with Crippen LogP contribution in [0.15, 0.2) is 30.3 Å². The zero-order chi connectivity index (χ0) is 22.1. The molecule has 2 aromatic heterocycles. The maximum atomic E-state index is 13.3. The number of halogens is 1. The molecule has 168 valence electrons. The highest BCUT2D eigenvalue weighted by atomic mass is 19.1. The van der Waals surface area contributed by atoms with Gasteiger partial charge in [-0.15, -0.1) is 0 Å². The Balaban J connectivity index is 1.39. The summed E-state index contributed by atoms with van der Waals surface area (Å²) in [5.41, 5.74) is 2.09. The van der Waals surface area contributed by atoms with Gasteiger partial charge in [0.15, 0.2) is 5.82 Å². The van der Waals surface area contributed by atoms with E-state index in [1.54, 1.807) is 12.1 Å². The van der Waals surface area contributed by atoms with E-state index in [2.05, 4.69) is 52.6 Å². The first kappa shape index (κ1) is 20.6. The quantitative estimate of drug-likeness (QED) is 0.518. The predicted molar refractivity (Wildman–Crippen MR) is 122 cm³/mol. The smallest absolute Gasteiger partial charge is 0.235 e. The highest BCUT2D eigenvalue weighted by Gasteiger charge is 2.26. The molecule has 5 rings (SSSR count). The third kappa shape index (κ3) is 4.80. The van der Waals surface area contributed by atoms with Crippen molar-refractivity contribution in [1.82, 2.24) is 30.0 Å². The first-order chi connectivity index (χ1) is 15.5. The number of benzene rings is 1. The summed E-state index contributed by atoms with van der Waals surface area (Å²) in [6, 6.07) is 8.36. The molecule has 3 aromatic rings. The lowest BCUT2D eigenvalue weighted by Crippen LogP contribution is -2.45. The second-order valence-corrected chi connectivity index (χ2v) is 8.60. The largest absolute Gasteiger partial charge is 0.348 e. The van der Waals surface area contributed by atoms with Gasteiger partial charge in [0.2, 0.25) is 17.8 Å². The first-order valence-electron chi connectivity index (χ1n) is 11.1. The lowest BCUT2D eigenvalue weighted by Gasteiger charge is -2.32. The van der Waals surface area contributed by atoms with E-state index < -0.39 is 0 Å². The van der Waals surface area contributed by atoms with E-state index in [0.717, 1.165) is 37.4 Å². The Labute approximate surface area is 186 Å². The summed E-state index contributed by atoms with van der Waals surface area (Å²) in [4.78, 5) is 18.4. The van der Waals surface area contributed by atoms with E-state index in [1.165, 1.54) is 25.0 Å². The standard InChI is InChI=1S/C22H28FN9/c1-14(15-5-7-17(23)8-6-15)24-20-26-21(25-19-13-18(29-30-19)16-3-4-16)28-22(27-20)32-11-9-31(2)10-12-32/h5-8,13-14,16H,3-4,9-12H2,1-2H3,(H3,24,25,26,27,28,29,30). The molecule has 9 nitrogen and oxygen atoms in total. The number of hydrogen-bond donors (Lipinski definition) is 3. The summed E-state index contributed by atoms with van der Waals surface area (Å²) < 4.78 is 13.3. The number of H-pyrrole nitrogens is 1. The summed E-state index contributed by atoms with van der Waals surface area (Å²) in [5.74, 6) is 2.56. The van der Waals surface area contributed by atoms with Crippen LogP contribution in [0.4, 0.5) is 28.1 Å². The highest BCUT2D eigenvalue weighted by Crippen LogP contribution is 2.39. The van der Waals surface area contributed by atoms with E-state index in [-0.39, 0.29) is 11.9 Å². The van der Waals surface area contributed by atoms with Gasteiger partial charge in [-0.3, -0.25) is 5.10 Å². The molecule has 3 heterocycles. The monoisotopic (exact) mass is 437 g/mol. The molecular formula is C22H28FN9. The van der Waals surface area contributed by atoms with Crippen molar-refractivity contribution in [3.8, 4) is 0 Å². The van der Waals surface area contributed by atoms with Crippen molar-refractivity contribution in [1.29, 1.82) is 0 Å². The van der Waals surface area contributed by atoms with Gasteiger partial charge in [-0.05, 0) is 44.5 Å². The van der Waals surface area contributed by atoms with Gasteiger partial charge in [-0.2, -0.15) is 20.1 Å². The van der Waals surface area contributed by atoms with Crippen LogP contribution in [-0.2, 0) is 0 Å². The van der Waals surface area contributed by atoms with Crippen molar-refractivity contribution in [2.45, 2.75) is 31.7 Å². The molecule has 1 aliphatic carbocycles. The molecule has 0 radical (unpaired) electrons. The van der Waals surface area contributed by atoms with E-state index in [0.29, 0.717) is 29.6 Å². The summed E-state index contributed by atoms with van der Waals surface area (Å²) in [5, 5.41) is 14.0. The number of rotatable bonds is 7. The summed E-state index contributed by atoms with van der Waals surface area (Å²) in [7, 11) is 2.12. The Hall–Kier alpha value is -3.27. The van der Waals surface area contributed by atoms with Gasteiger partial charge in [0, 0.05) is 43.9 Å². The Morgan fingerprint density at radius 1 is 1.03 bits per heavy atom. The third-order valence-corrected chi connectivity index (χ3v) is 5.98. The van der Waals surface area contributed by atoms with Crippen LogP contribution >= 0.6 is 0 Å². The average Bonchev–Trinajstić information content (AvgIpc) is 3.53. The van der Waals surface area contributed by atoms with Gasteiger partial charge in [-0.1, -0.05) is 12.1 Å². The van der Waals surface area contributed by atoms with Crippen LogP contribution in [0, 0.1) is 5.82 Å². The number of anilines is 4. The van der Waals surface area contributed by atoms with Gasteiger partial charge >= 0.3 is 0 Å². The highest BCUT2D eigenvalue weighted by molar-refractivity contribution is 5.53. The number of piperazine rings is 1. The lowest BCUT2D eigenvalue weighted by atomic mass is 10.1. The molecule has 2 fully saturated rings. The second kappa shape index (κ2) is 8.70. The molecule has 0 bridgehead atoms. The fraction of sp³-hybridized carbons (Fsp3) is 0.455. The van der Waals surface area contributed by atoms with Crippen molar-refractivity contribution in [2.75, 3.05) is 48.8 Å². The van der Waals surface area contributed by atoms with Crippen LogP contribution in [0.3, 0.4) is 0 Å². The number of aromatic nitrogens is 5. The molecule has 0 amide bonds. The fourth-order valence-electron chi connectivity index (χ4n) is 3.78. The minimum Gasteiger partial charge on any atom is -0.348 e. The van der Waals surface area contributed by atoms with E-state index in [9.17, 15) is 4.39 Å². The normalized spacial score (nSPS) is 17.9. The Morgan fingerprint density at radius 2 is 1.75 bits per heavy atom. The van der Waals surface area contributed by atoms with Crippen LogP contribution < -0.4 is 15.5 Å². The topological polar surface area (TPSA) is 97.9 Å². The molecular weight excluding hydrogens is 409 g/mol. The molecule has 0 spiro atoms. The Kier molecular flexibility index (Phi) is 5.60. The number of likely N-dealkylation sites (N-methyl/N-ethyl adjacent to an activating group) is 1. The van der Waals surface area contributed by atoms with Gasteiger partial charge in [0.25, 0.3) is 0 Å². The second-order valence-electron chi connectivity index (χ2n) is 8.60. The van der Waals surface area contributed by atoms with Crippen LogP contribution in [0.25, 0.3) is 0 Å². The molecule has 1 aromatic carbocycles. The van der Waals surface area contributed by atoms with Gasteiger partial charge in [-0.25, -0.2) is 4.39 Å². The van der Waals surface area contributed by atoms with Crippen molar-refractivity contribution in [3.63, 3.8) is 0 Å². The average molecular weight is 438 g/mol. The van der Waals surface area contributed by atoms with E-state index in [1.807, 2.05) is 13.0 Å². The molecule has 1 saturated carbocycles. The number of hydrogen-bond acceptors (Lipinski definition) is 8. The predicted octanol–water partition coefficient (Wildman–Crippen LogP) is 3.28. The summed E-state index contributed by atoms with van der Waals surface area (Å²) in [6.45, 7) is 5.60. The zero-order valence-electron chi connectivity index (χ0n) is 18.3. The first-order valence-corrected chi connectivity index (χ1v) is 11.1. The molecule has 1 aliphatic heterocycles. The van der Waals surface area contributed by atoms with Crippen LogP contribution in [0.1, 0.15) is 43.0 Å². The molecule has 1 atom stereocenters. The van der Waals surface area contributed by atoms with Crippen molar-refractivity contribution < 1.29 is 4.39 Å². The summed E-state index contributed by atoms with van der Waals surface area (Å²) >= 11 is 0. The van der Waals surface area contributed by atoms with E-state index >= 15 is 0 Å². The molecule has 3 N–H and O–H groups in total. The van der Waals surface area contributed by atoms with Crippen LogP contribution in [0.2, 0.25) is 0 Å². The molecule has 1 unspecified atom stereocenters. The van der Waals surface area contributed by atoms with Crippen LogP contribution in [0.5, 0.6) is 0 Å². The molecule has 2 aliphatic rings. The molecule has 10 heteroatoms. The van der Waals surface area contributed by atoms with Crippen molar-refractivity contribution >= 4 is 23.7 Å². The Bertz CT molecular complexity index is 1060. The fourth-order valence-corrected chi connectivity index (χ4v) is 3.78. The minimum atomic E-state index is -0.255. The third-order valence-electron chi connectivity index (χ3n) is 5.98. The maximum Gasteiger partial charge on any atom is 0.235 e. The van der Waals surface area contributed by atoms with Gasteiger partial charge in [0.05, 0.1) is 6.04 Å². The maximum absolute atomic E-state index is 13.3. The SMILES string of the molecule is CC(Nc1nc(Nc2cc(C3CC3)[nH]n2)nc(N2CCN(C)CC2)n1)c1ccc(F)cc1. The molecule has 32 heavy (non-hydrogen) atoms. The minimum absolute atomic E-state index is 0.0990. The van der Waals surface area contributed by atoms with Gasteiger partial charge in [0.1, 0.15) is 5.82 Å². The lowest BCUT2D eigenvalue weighted by molar-refractivity contribution is 0.311. The Morgan fingerprint density at radius 3 is 2.47 bits per heavy atom. The van der Waals surface area contributed by atoms with Crippen LogP contribution in [-0.4, -0.2) is 63.3 Å². The van der Waals surface area contributed by atoms with Crippen molar-refractivity contribution in [2.24, 2.45) is 0 Å². The van der Waals surface area contributed by atoms with Gasteiger partial charge < -0.3 is 20.4 Å². The van der Waals surface area contributed by atoms with E-state index in [4.69, 9.17) is 0 Å². The number of aromatic amines is 1. The molecule has 1 saturated heterocycles. The zero-order valence-corrected chi connectivity index (χ0v) is 18.3. The number of nitrogens with zero attached hydrogens (tertiary/aromatic N) is 6. The number of nitrogens with one attached hydrogen (secondary N) is 3. The summed E-state index contributed by atoms with van der Waals surface area (Å²) in [6.07, 6.45) is 2.41. The van der Waals surface area contributed by atoms with Crippen molar-refractivity contribution in [3.05, 3.63) is 47.4 Å².